The highest BCUT2D eigenvalue weighted by molar-refractivity contribution is 14.0. The first-order valence-corrected chi connectivity index (χ1v) is 11.5. The number of nitrogens with zero attached hydrogens (tertiary/aromatic N) is 2. The van der Waals surface area contributed by atoms with Crippen LogP contribution in [0.2, 0.25) is 0 Å². The molecule has 1 amide bonds. The Bertz CT molecular complexity index is 608. The predicted molar refractivity (Wildman–Crippen MR) is 129 cm³/mol. The average Bonchev–Trinajstić information content (AvgIpc) is 3.41. The first-order chi connectivity index (χ1) is 13.2. The number of guanidine groups is 1. The third-order valence-corrected chi connectivity index (χ3v) is 6.94. The largest absolute Gasteiger partial charge is 0.357 e. The normalized spacial score (nSPS) is 19.2. The van der Waals surface area contributed by atoms with Gasteiger partial charge in [-0.1, -0.05) is 25.3 Å². The summed E-state index contributed by atoms with van der Waals surface area (Å²) < 4.78 is 0. The van der Waals surface area contributed by atoms with Gasteiger partial charge >= 0.3 is 0 Å². The summed E-state index contributed by atoms with van der Waals surface area (Å²) in [4.78, 5) is 20.6. The Morgan fingerprint density at radius 3 is 2.57 bits per heavy atom. The van der Waals surface area contributed by atoms with Crippen LogP contribution in [-0.4, -0.2) is 49.5 Å². The highest BCUT2D eigenvalue weighted by Crippen LogP contribution is 2.41. The Balaban J connectivity index is 0.00000280. The van der Waals surface area contributed by atoms with Gasteiger partial charge in [-0.2, -0.15) is 0 Å². The molecule has 0 aromatic carbocycles. The monoisotopic (exact) mass is 518 g/mol. The molecule has 158 valence electrons. The Labute approximate surface area is 190 Å². The van der Waals surface area contributed by atoms with Crippen LogP contribution in [-0.2, 0) is 10.2 Å². The maximum Gasteiger partial charge on any atom is 0.224 e. The van der Waals surface area contributed by atoms with Crippen LogP contribution in [0.25, 0.3) is 0 Å². The maximum atomic E-state index is 12.2. The summed E-state index contributed by atoms with van der Waals surface area (Å²) in [6.45, 7) is 6.24. The average molecular weight is 519 g/mol. The smallest absolute Gasteiger partial charge is 0.224 e. The van der Waals surface area contributed by atoms with Crippen LogP contribution in [0.1, 0.15) is 63.2 Å². The van der Waals surface area contributed by atoms with E-state index in [4.69, 9.17) is 4.99 Å². The molecule has 0 unspecified atom stereocenters. The molecule has 2 aliphatic rings. The van der Waals surface area contributed by atoms with Gasteiger partial charge in [-0.05, 0) is 44.1 Å². The molecule has 0 atom stereocenters. The number of aliphatic imine (C=N–C) groups is 1. The highest BCUT2D eigenvalue weighted by Gasteiger charge is 2.34. The molecule has 1 aromatic rings. The minimum atomic E-state index is 0. The van der Waals surface area contributed by atoms with Crippen molar-refractivity contribution in [3.05, 3.63) is 22.4 Å². The molecule has 1 saturated heterocycles. The molecule has 3 rings (SSSR count). The van der Waals surface area contributed by atoms with E-state index in [0.717, 1.165) is 45.0 Å². The van der Waals surface area contributed by atoms with Gasteiger partial charge in [-0.15, -0.1) is 35.3 Å². The fraction of sp³-hybridized carbons (Fsp3) is 0.714. The Morgan fingerprint density at radius 2 is 1.93 bits per heavy atom. The molecule has 2 fully saturated rings. The minimum Gasteiger partial charge on any atom is -0.357 e. The summed E-state index contributed by atoms with van der Waals surface area (Å²) in [5, 5.41) is 8.90. The predicted octanol–water partition coefficient (Wildman–Crippen LogP) is 4.14. The molecule has 1 saturated carbocycles. The second-order valence-electron chi connectivity index (χ2n) is 7.78. The molecular formula is C21H35IN4OS. The zero-order valence-corrected chi connectivity index (χ0v) is 20.2. The lowest BCUT2D eigenvalue weighted by Crippen LogP contribution is -2.41. The van der Waals surface area contributed by atoms with Gasteiger partial charge in [0, 0.05) is 42.9 Å². The van der Waals surface area contributed by atoms with Crippen LogP contribution >= 0.6 is 35.3 Å². The Hall–Kier alpha value is -0.830. The van der Waals surface area contributed by atoms with E-state index in [2.05, 4.69) is 35.1 Å². The number of hydrogen-bond acceptors (Lipinski definition) is 3. The van der Waals surface area contributed by atoms with E-state index >= 15 is 0 Å². The number of amides is 1. The first-order valence-electron chi connectivity index (χ1n) is 10.6. The summed E-state index contributed by atoms with van der Waals surface area (Å²) in [5.41, 5.74) is 0.195. The lowest BCUT2D eigenvalue weighted by molar-refractivity contribution is -0.129. The van der Waals surface area contributed by atoms with Crippen LogP contribution in [0.15, 0.2) is 22.5 Å². The molecule has 1 aliphatic carbocycles. The zero-order chi connectivity index (χ0) is 19.0. The van der Waals surface area contributed by atoms with Crippen LogP contribution in [0.5, 0.6) is 0 Å². The van der Waals surface area contributed by atoms with Gasteiger partial charge in [0.15, 0.2) is 5.96 Å². The lowest BCUT2D eigenvalue weighted by Gasteiger charge is -2.35. The van der Waals surface area contributed by atoms with E-state index in [9.17, 15) is 4.79 Å². The van der Waals surface area contributed by atoms with Crippen molar-refractivity contribution >= 4 is 47.2 Å². The van der Waals surface area contributed by atoms with Crippen molar-refractivity contribution in [1.82, 2.24) is 15.5 Å². The topological polar surface area (TPSA) is 56.7 Å². The second kappa shape index (κ2) is 12.0. The number of hydrogen-bond donors (Lipinski definition) is 2. The van der Waals surface area contributed by atoms with E-state index in [1.807, 2.05) is 16.2 Å². The molecule has 5 nitrogen and oxygen atoms in total. The molecule has 7 heteroatoms. The van der Waals surface area contributed by atoms with Crippen molar-refractivity contribution in [2.24, 2.45) is 4.99 Å². The van der Waals surface area contributed by atoms with Gasteiger partial charge in [0.05, 0.1) is 6.54 Å². The van der Waals surface area contributed by atoms with Gasteiger partial charge in [0.25, 0.3) is 0 Å². The third-order valence-electron chi connectivity index (χ3n) is 5.83. The fourth-order valence-corrected chi connectivity index (χ4v) is 5.26. The van der Waals surface area contributed by atoms with Crippen molar-refractivity contribution in [2.45, 2.75) is 63.7 Å². The van der Waals surface area contributed by atoms with Crippen molar-refractivity contribution in [3.8, 4) is 0 Å². The van der Waals surface area contributed by atoms with Crippen molar-refractivity contribution < 1.29 is 4.79 Å². The first kappa shape index (κ1) is 23.4. The Kier molecular flexibility index (Phi) is 10.0. The third kappa shape index (κ3) is 6.34. The molecule has 1 aliphatic heterocycles. The standard InChI is InChI=1S/C21H34N4OS.HI/c1-2-22-20(23-13-10-19(26)25-14-6-7-15-25)24-17-21(11-4-3-5-12-21)18-9-8-16-27-18;/h8-9,16H,2-7,10-15,17H2,1H3,(H2,22,23,24);1H. The molecule has 0 spiro atoms. The van der Waals surface area contributed by atoms with Gasteiger partial charge in [-0.25, -0.2) is 0 Å². The quantitative estimate of drug-likeness (QED) is 0.324. The van der Waals surface area contributed by atoms with Crippen molar-refractivity contribution in [1.29, 1.82) is 0 Å². The number of nitrogens with one attached hydrogen (secondary N) is 2. The number of thiophene rings is 1. The minimum absolute atomic E-state index is 0. The number of likely N-dealkylation sites (tertiary alicyclic amines) is 1. The molecule has 1 aromatic heterocycles. The van der Waals surface area contributed by atoms with E-state index in [0.29, 0.717) is 13.0 Å². The molecule has 2 heterocycles. The summed E-state index contributed by atoms with van der Waals surface area (Å²) in [5.74, 6) is 1.10. The number of halogens is 1. The van der Waals surface area contributed by atoms with Crippen LogP contribution in [0, 0.1) is 0 Å². The van der Waals surface area contributed by atoms with Crippen molar-refractivity contribution in [2.75, 3.05) is 32.7 Å². The SMILES string of the molecule is CCNC(=NCC1(c2cccs2)CCCCC1)NCCC(=O)N1CCCC1.I. The molecule has 28 heavy (non-hydrogen) atoms. The lowest BCUT2D eigenvalue weighted by atomic mass is 9.73. The highest BCUT2D eigenvalue weighted by atomic mass is 127. The summed E-state index contributed by atoms with van der Waals surface area (Å²) in [6.07, 6.45) is 9.22. The fourth-order valence-electron chi connectivity index (χ4n) is 4.28. The van der Waals surface area contributed by atoms with Gasteiger partial charge in [0.1, 0.15) is 0 Å². The van der Waals surface area contributed by atoms with Crippen molar-refractivity contribution in [3.63, 3.8) is 0 Å². The van der Waals surface area contributed by atoms with Gasteiger partial charge in [-0.3, -0.25) is 9.79 Å². The summed E-state index contributed by atoms with van der Waals surface area (Å²) in [7, 11) is 0. The number of carbonyl (C=O) groups excluding carboxylic acids is 1. The summed E-state index contributed by atoms with van der Waals surface area (Å²) in [6, 6.07) is 4.44. The molecule has 0 bridgehead atoms. The molecular weight excluding hydrogens is 483 g/mol. The van der Waals surface area contributed by atoms with E-state index in [1.165, 1.54) is 37.0 Å². The Morgan fingerprint density at radius 1 is 1.18 bits per heavy atom. The zero-order valence-electron chi connectivity index (χ0n) is 17.0. The number of rotatable bonds is 7. The van der Waals surface area contributed by atoms with E-state index < -0.39 is 0 Å². The molecule has 0 radical (unpaired) electrons. The van der Waals surface area contributed by atoms with Crippen LogP contribution in [0.3, 0.4) is 0 Å². The van der Waals surface area contributed by atoms with E-state index in [1.54, 1.807) is 0 Å². The van der Waals surface area contributed by atoms with E-state index in [-0.39, 0.29) is 35.3 Å². The van der Waals surface area contributed by atoms with Gasteiger partial charge < -0.3 is 15.5 Å². The van der Waals surface area contributed by atoms with Gasteiger partial charge in [0.2, 0.25) is 5.91 Å². The summed E-state index contributed by atoms with van der Waals surface area (Å²) >= 11 is 1.87. The van der Waals surface area contributed by atoms with Crippen LogP contribution < -0.4 is 10.6 Å². The van der Waals surface area contributed by atoms with Crippen LogP contribution in [0.4, 0.5) is 0 Å². The second-order valence-corrected chi connectivity index (χ2v) is 8.73. The number of carbonyl (C=O) groups is 1. The maximum absolute atomic E-state index is 12.2. The molecule has 2 N–H and O–H groups in total.